The van der Waals surface area contributed by atoms with Crippen LogP contribution in [0.15, 0.2) is 0 Å². The number of hydrogen-bond acceptors (Lipinski definition) is 4. The molecule has 1 saturated heterocycles. The van der Waals surface area contributed by atoms with Crippen LogP contribution < -0.4 is 5.73 Å². The van der Waals surface area contributed by atoms with Crippen LogP contribution in [0.4, 0.5) is 0 Å². The minimum absolute atomic E-state index is 0.340. The lowest BCUT2D eigenvalue weighted by Gasteiger charge is -2.39. The zero-order chi connectivity index (χ0) is 12.2. The number of likely N-dealkylation sites (N-methyl/N-ethyl adjacent to an activating group) is 1. The molecule has 0 amide bonds. The molecule has 4 heteroatoms. The van der Waals surface area contributed by atoms with Crippen LogP contribution in [-0.4, -0.2) is 65.8 Å². The van der Waals surface area contributed by atoms with Gasteiger partial charge in [0.1, 0.15) is 0 Å². The van der Waals surface area contributed by atoms with Crippen molar-refractivity contribution in [1.29, 1.82) is 0 Å². The summed E-state index contributed by atoms with van der Waals surface area (Å²) >= 11 is 0. The SMILES string of the molecule is CCN1CCN(C(C)CC(C)(O)CN)CC1. The van der Waals surface area contributed by atoms with Gasteiger partial charge in [0.2, 0.25) is 0 Å². The average Bonchev–Trinajstić information content (AvgIpc) is 2.28. The van der Waals surface area contributed by atoms with Gasteiger partial charge < -0.3 is 15.7 Å². The highest BCUT2D eigenvalue weighted by Crippen LogP contribution is 2.16. The van der Waals surface area contributed by atoms with Crippen LogP contribution in [0.5, 0.6) is 0 Å². The van der Waals surface area contributed by atoms with E-state index in [0.717, 1.165) is 39.1 Å². The van der Waals surface area contributed by atoms with E-state index in [0.29, 0.717) is 12.6 Å². The maximum absolute atomic E-state index is 9.96. The van der Waals surface area contributed by atoms with Crippen LogP contribution in [-0.2, 0) is 0 Å². The van der Waals surface area contributed by atoms with E-state index in [1.165, 1.54) is 0 Å². The van der Waals surface area contributed by atoms with Crippen molar-refractivity contribution in [2.24, 2.45) is 5.73 Å². The van der Waals surface area contributed by atoms with Gasteiger partial charge in [-0.2, -0.15) is 0 Å². The average molecular weight is 229 g/mol. The van der Waals surface area contributed by atoms with Crippen LogP contribution in [0.1, 0.15) is 27.2 Å². The lowest BCUT2D eigenvalue weighted by Crippen LogP contribution is -2.51. The van der Waals surface area contributed by atoms with Gasteiger partial charge in [-0.15, -0.1) is 0 Å². The third-order valence-corrected chi connectivity index (χ3v) is 3.65. The molecule has 0 bridgehead atoms. The molecule has 1 rings (SSSR count). The van der Waals surface area contributed by atoms with Gasteiger partial charge >= 0.3 is 0 Å². The van der Waals surface area contributed by atoms with Gasteiger partial charge in [-0.1, -0.05) is 6.92 Å². The van der Waals surface area contributed by atoms with E-state index in [1.807, 2.05) is 6.92 Å². The molecule has 1 aliphatic heterocycles. The van der Waals surface area contributed by atoms with Gasteiger partial charge in [0.25, 0.3) is 0 Å². The minimum Gasteiger partial charge on any atom is -0.389 e. The summed E-state index contributed by atoms with van der Waals surface area (Å²) in [5, 5.41) is 9.96. The second-order valence-electron chi connectivity index (χ2n) is 5.22. The largest absolute Gasteiger partial charge is 0.389 e. The molecular weight excluding hydrogens is 202 g/mol. The summed E-state index contributed by atoms with van der Waals surface area (Å²) in [5.74, 6) is 0. The van der Waals surface area contributed by atoms with Crippen molar-refractivity contribution in [3.8, 4) is 0 Å². The second-order valence-corrected chi connectivity index (χ2v) is 5.22. The topological polar surface area (TPSA) is 52.7 Å². The lowest BCUT2D eigenvalue weighted by atomic mass is 9.96. The van der Waals surface area contributed by atoms with Crippen LogP contribution in [0.2, 0.25) is 0 Å². The van der Waals surface area contributed by atoms with E-state index in [-0.39, 0.29) is 0 Å². The third-order valence-electron chi connectivity index (χ3n) is 3.65. The van der Waals surface area contributed by atoms with Gasteiger partial charge in [-0.05, 0) is 26.8 Å². The fourth-order valence-corrected chi connectivity index (χ4v) is 2.37. The number of hydrogen-bond donors (Lipinski definition) is 2. The van der Waals surface area contributed by atoms with Crippen LogP contribution >= 0.6 is 0 Å². The van der Waals surface area contributed by atoms with Crippen molar-refractivity contribution in [3.63, 3.8) is 0 Å². The molecule has 3 N–H and O–H groups in total. The first kappa shape index (κ1) is 13.9. The zero-order valence-corrected chi connectivity index (χ0v) is 10.9. The van der Waals surface area contributed by atoms with Gasteiger partial charge in [-0.3, -0.25) is 4.90 Å². The van der Waals surface area contributed by atoms with E-state index >= 15 is 0 Å². The molecule has 0 aromatic heterocycles. The number of piperazine rings is 1. The fraction of sp³-hybridized carbons (Fsp3) is 1.00. The number of nitrogens with two attached hydrogens (primary N) is 1. The Morgan fingerprint density at radius 3 is 2.31 bits per heavy atom. The van der Waals surface area contributed by atoms with E-state index in [4.69, 9.17) is 5.73 Å². The van der Waals surface area contributed by atoms with E-state index in [9.17, 15) is 5.11 Å². The summed E-state index contributed by atoms with van der Waals surface area (Å²) < 4.78 is 0. The summed E-state index contributed by atoms with van der Waals surface area (Å²) in [6, 6.07) is 0.414. The summed E-state index contributed by atoms with van der Waals surface area (Å²) in [6.07, 6.45) is 0.760. The molecule has 2 atom stereocenters. The monoisotopic (exact) mass is 229 g/mol. The van der Waals surface area contributed by atoms with E-state index in [1.54, 1.807) is 0 Å². The lowest BCUT2D eigenvalue weighted by molar-refractivity contribution is 0.0166. The number of nitrogens with zero attached hydrogens (tertiary/aromatic N) is 2. The Kier molecular flexibility index (Phi) is 5.18. The predicted octanol–water partition coefficient (Wildman–Crippen LogP) is 0.112. The summed E-state index contributed by atoms with van der Waals surface area (Å²) in [6.45, 7) is 12.2. The first-order valence-electron chi connectivity index (χ1n) is 6.37. The maximum Gasteiger partial charge on any atom is 0.0756 e. The summed E-state index contributed by atoms with van der Waals surface area (Å²) in [4.78, 5) is 4.92. The highest BCUT2D eigenvalue weighted by atomic mass is 16.3. The van der Waals surface area contributed by atoms with Crippen molar-refractivity contribution >= 4 is 0 Å². The molecule has 1 fully saturated rings. The molecular formula is C12H27N3O. The standard InChI is InChI=1S/C12H27N3O/c1-4-14-5-7-15(8-6-14)11(2)9-12(3,16)10-13/h11,16H,4-10,13H2,1-3H3. The number of rotatable bonds is 5. The van der Waals surface area contributed by atoms with E-state index < -0.39 is 5.60 Å². The van der Waals surface area contributed by atoms with E-state index in [2.05, 4.69) is 23.6 Å². The normalized spacial score (nSPS) is 25.3. The summed E-state index contributed by atoms with van der Waals surface area (Å²) in [5.41, 5.74) is 4.83. The Hall–Kier alpha value is -0.160. The molecule has 16 heavy (non-hydrogen) atoms. The minimum atomic E-state index is -0.721. The molecule has 1 heterocycles. The molecule has 4 nitrogen and oxygen atoms in total. The van der Waals surface area contributed by atoms with Gasteiger partial charge in [0.05, 0.1) is 5.60 Å². The maximum atomic E-state index is 9.96. The molecule has 0 aromatic carbocycles. The fourth-order valence-electron chi connectivity index (χ4n) is 2.37. The highest BCUT2D eigenvalue weighted by molar-refractivity contribution is 4.83. The van der Waals surface area contributed by atoms with Crippen molar-refractivity contribution < 1.29 is 5.11 Å². The molecule has 0 aromatic rings. The Balaban J connectivity index is 2.36. The quantitative estimate of drug-likeness (QED) is 0.703. The summed E-state index contributed by atoms with van der Waals surface area (Å²) in [7, 11) is 0. The molecule has 0 spiro atoms. The van der Waals surface area contributed by atoms with Crippen molar-refractivity contribution in [3.05, 3.63) is 0 Å². The first-order valence-corrected chi connectivity index (χ1v) is 6.37. The van der Waals surface area contributed by atoms with Crippen molar-refractivity contribution in [1.82, 2.24) is 9.80 Å². The first-order chi connectivity index (χ1) is 7.48. The van der Waals surface area contributed by atoms with Gasteiger partial charge in [0, 0.05) is 38.8 Å². The molecule has 2 unspecified atom stereocenters. The van der Waals surface area contributed by atoms with Crippen molar-refractivity contribution in [2.45, 2.75) is 38.8 Å². The number of aliphatic hydroxyl groups is 1. The third kappa shape index (κ3) is 4.01. The molecule has 0 saturated carbocycles. The smallest absolute Gasteiger partial charge is 0.0756 e. The predicted molar refractivity (Wildman–Crippen MR) is 67.4 cm³/mol. The Morgan fingerprint density at radius 2 is 1.88 bits per heavy atom. The highest BCUT2D eigenvalue weighted by Gasteiger charge is 2.26. The van der Waals surface area contributed by atoms with Crippen LogP contribution in [0.3, 0.4) is 0 Å². The molecule has 1 aliphatic rings. The molecule has 0 aliphatic carbocycles. The second kappa shape index (κ2) is 5.96. The van der Waals surface area contributed by atoms with Crippen molar-refractivity contribution in [2.75, 3.05) is 39.3 Å². The Morgan fingerprint density at radius 1 is 1.31 bits per heavy atom. The zero-order valence-electron chi connectivity index (χ0n) is 10.9. The molecule has 0 radical (unpaired) electrons. The Labute approximate surface area is 99.4 Å². The van der Waals surface area contributed by atoms with Gasteiger partial charge in [0.15, 0.2) is 0 Å². The molecule has 96 valence electrons. The van der Waals surface area contributed by atoms with Crippen LogP contribution in [0, 0.1) is 0 Å². The Bertz CT molecular complexity index is 200. The van der Waals surface area contributed by atoms with Gasteiger partial charge in [-0.25, -0.2) is 0 Å². The van der Waals surface area contributed by atoms with Crippen LogP contribution in [0.25, 0.3) is 0 Å².